The Balaban J connectivity index is 1.31. The van der Waals surface area contributed by atoms with E-state index in [1.165, 1.54) is 49.2 Å². The second-order valence-electron chi connectivity index (χ2n) is 12.9. The molecule has 234 valence electrons. The van der Waals surface area contributed by atoms with Crippen LogP contribution in [0.5, 0.6) is 0 Å². The molecule has 2 nitrogen and oxygen atoms in total. The van der Waals surface area contributed by atoms with Crippen LogP contribution in [0.1, 0.15) is 0 Å². The molecule has 9 aromatic carbocycles. The number of hydrogen-bond donors (Lipinski definition) is 0. The van der Waals surface area contributed by atoms with Crippen LogP contribution in [0.25, 0.3) is 76.5 Å². The van der Waals surface area contributed by atoms with Crippen molar-refractivity contribution in [2.24, 2.45) is 0 Å². The van der Waals surface area contributed by atoms with Gasteiger partial charge in [-0.2, -0.15) is 0 Å². The predicted octanol–water partition coefficient (Wildman–Crippen LogP) is 13.8. The lowest BCUT2D eigenvalue weighted by Gasteiger charge is -2.28. The minimum atomic E-state index is 0.863. The molecule has 0 saturated heterocycles. The number of rotatable bonds is 5. The highest BCUT2D eigenvalue weighted by Gasteiger charge is 2.23. The van der Waals surface area contributed by atoms with Gasteiger partial charge in [0.05, 0.1) is 16.8 Å². The maximum absolute atomic E-state index is 6.86. The second-order valence-corrected chi connectivity index (χ2v) is 12.9. The van der Waals surface area contributed by atoms with E-state index in [1.54, 1.807) is 0 Å². The summed E-state index contributed by atoms with van der Waals surface area (Å²) in [5.74, 6) is 0. The Labute approximate surface area is 290 Å². The molecular formula is C48H31NO. The molecule has 0 aliphatic carbocycles. The number of furan rings is 1. The predicted molar refractivity (Wildman–Crippen MR) is 212 cm³/mol. The van der Waals surface area contributed by atoms with Crippen LogP contribution in [0.3, 0.4) is 0 Å². The summed E-state index contributed by atoms with van der Waals surface area (Å²) in [6, 6.07) is 67.4. The third-order valence-electron chi connectivity index (χ3n) is 10.0. The molecule has 0 spiro atoms. The number of benzene rings is 9. The molecule has 0 bridgehead atoms. The minimum absolute atomic E-state index is 0.863. The first-order valence-electron chi connectivity index (χ1n) is 17.1. The lowest BCUT2D eigenvalue weighted by Crippen LogP contribution is -2.11. The maximum atomic E-state index is 6.86. The first-order valence-corrected chi connectivity index (χ1v) is 17.1. The summed E-state index contributed by atoms with van der Waals surface area (Å²) in [7, 11) is 0. The second kappa shape index (κ2) is 11.5. The normalized spacial score (nSPS) is 11.6. The van der Waals surface area contributed by atoms with Gasteiger partial charge in [-0.25, -0.2) is 0 Å². The summed E-state index contributed by atoms with van der Waals surface area (Å²) in [4.78, 5) is 2.42. The van der Waals surface area contributed by atoms with Crippen LogP contribution in [0.15, 0.2) is 192 Å². The third-order valence-corrected chi connectivity index (χ3v) is 10.0. The van der Waals surface area contributed by atoms with E-state index >= 15 is 0 Å². The van der Waals surface area contributed by atoms with Gasteiger partial charge in [-0.05, 0) is 80.2 Å². The first kappa shape index (κ1) is 28.4. The molecular weight excluding hydrogens is 607 g/mol. The molecule has 0 unspecified atom stereocenters. The lowest BCUT2D eigenvalue weighted by molar-refractivity contribution is 0.672. The Kier molecular flexibility index (Phi) is 6.53. The number of anilines is 3. The summed E-state index contributed by atoms with van der Waals surface area (Å²) in [5.41, 5.74) is 9.81. The van der Waals surface area contributed by atoms with Crippen LogP contribution in [-0.2, 0) is 0 Å². The van der Waals surface area contributed by atoms with E-state index in [4.69, 9.17) is 4.42 Å². The molecule has 1 heterocycles. The summed E-state index contributed by atoms with van der Waals surface area (Å²) in [6.45, 7) is 0. The summed E-state index contributed by atoms with van der Waals surface area (Å²) < 4.78 is 6.86. The van der Waals surface area contributed by atoms with E-state index in [2.05, 4.69) is 193 Å². The van der Waals surface area contributed by atoms with Crippen molar-refractivity contribution in [3.8, 4) is 22.3 Å². The highest BCUT2D eigenvalue weighted by molar-refractivity contribution is 6.24. The molecule has 0 atom stereocenters. The van der Waals surface area contributed by atoms with E-state index in [9.17, 15) is 0 Å². The van der Waals surface area contributed by atoms with Crippen molar-refractivity contribution in [3.63, 3.8) is 0 Å². The van der Waals surface area contributed by atoms with Crippen molar-refractivity contribution in [1.29, 1.82) is 0 Å². The number of hydrogen-bond acceptors (Lipinski definition) is 2. The average molecular weight is 638 g/mol. The fourth-order valence-corrected chi connectivity index (χ4v) is 7.77. The zero-order chi connectivity index (χ0) is 33.0. The summed E-state index contributed by atoms with van der Waals surface area (Å²) >= 11 is 0. The van der Waals surface area contributed by atoms with E-state index < -0.39 is 0 Å². The van der Waals surface area contributed by atoms with Crippen LogP contribution in [0, 0.1) is 0 Å². The highest BCUT2D eigenvalue weighted by atomic mass is 16.3. The molecule has 0 N–H and O–H groups in total. The molecule has 10 aromatic rings. The fraction of sp³-hybridized carbons (Fsp3) is 0. The zero-order valence-corrected chi connectivity index (χ0v) is 27.3. The van der Waals surface area contributed by atoms with Crippen molar-refractivity contribution in [3.05, 3.63) is 188 Å². The van der Waals surface area contributed by atoms with Crippen molar-refractivity contribution in [2.75, 3.05) is 4.90 Å². The van der Waals surface area contributed by atoms with Gasteiger partial charge in [-0.1, -0.05) is 152 Å². The van der Waals surface area contributed by atoms with Gasteiger partial charge in [-0.15, -0.1) is 0 Å². The van der Waals surface area contributed by atoms with Crippen LogP contribution < -0.4 is 4.90 Å². The van der Waals surface area contributed by atoms with Gasteiger partial charge >= 0.3 is 0 Å². The van der Waals surface area contributed by atoms with Gasteiger partial charge in [0.1, 0.15) is 11.2 Å². The lowest BCUT2D eigenvalue weighted by atomic mass is 9.92. The molecule has 0 radical (unpaired) electrons. The molecule has 0 aliphatic rings. The Morgan fingerprint density at radius 3 is 1.80 bits per heavy atom. The first-order chi connectivity index (χ1) is 24.8. The summed E-state index contributed by atoms with van der Waals surface area (Å²) in [5, 5.41) is 9.33. The van der Waals surface area contributed by atoms with Gasteiger partial charge in [-0.3, -0.25) is 0 Å². The number of fused-ring (bicyclic) bond motifs is 7. The van der Waals surface area contributed by atoms with Gasteiger partial charge in [0, 0.05) is 21.8 Å². The molecule has 0 fully saturated rings. The minimum Gasteiger partial charge on any atom is -0.455 e. The van der Waals surface area contributed by atoms with E-state index in [1.807, 2.05) is 0 Å². The average Bonchev–Trinajstić information content (AvgIpc) is 3.58. The quantitative estimate of drug-likeness (QED) is 0.187. The zero-order valence-electron chi connectivity index (χ0n) is 27.3. The molecule has 50 heavy (non-hydrogen) atoms. The Morgan fingerprint density at radius 1 is 0.360 bits per heavy atom. The van der Waals surface area contributed by atoms with Crippen LogP contribution in [0.2, 0.25) is 0 Å². The molecule has 0 aliphatic heterocycles. The molecule has 0 saturated carbocycles. The topological polar surface area (TPSA) is 16.4 Å². The Bertz CT molecular complexity index is 2870. The Hall–Kier alpha value is -6.64. The Morgan fingerprint density at radius 2 is 0.960 bits per heavy atom. The van der Waals surface area contributed by atoms with Gasteiger partial charge in [0.2, 0.25) is 0 Å². The maximum Gasteiger partial charge on any atom is 0.143 e. The third kappa shape index (κ3) is 4.50. The van der Waals surface area contributed by atoms with E-state index in [-0.39, 0.29) is 0 Å². The smallest absolute Gasteiger partial charge is 0.143 e. The van der Waals surface area contributed by atoms with Gasteiger partial charge < -0.3 is 9.32 Å². The van der Waals surface area contributed by atoms with Gasteiger partial charge in [0.25, 0.3) is 0 Å². The largest absolute Gasteiger partial charge is 0.455 e. The van der Waals surface area contributed by atoms with Crippen molar-refractivity contribution < 1.29 is 4.42 Å². The van der Waals surface area contributed by atoms with Crippen molar-refractivity contribution in [2.45, 2.75) is 0 Å². The van der Waals surface area contributed by atoms with Crippen LogP contribution in [0.4, 0.5) is 17.1 Å². The molecule has 1 aromatic heterocycles. The SMILES string of the molecule is c1ccc(-c2cccc(N(c3cccc4ccccc34)c3cccc4oc5c6ccccc6c(-c6cccc7ccccc67)cc5c34)c2)cc1. The van der Waals surface area contributed by atoms with Crippen molar-refractivity contribution >= 4 is 71.3 Å². The molecule has 10 rings (SSSR count). The summed E-state index contributed by atoms with van der Waals surface area (Å²) in [6.07, 6.45) is 0. The monoisotopic (exact) mass is 637 g/mol. The van der Waals surface area contributed by atoms with Crippen LogP contribution in [-0.4, -0.2) is 0 Å². The fourth-order valence-electron chi connectivity index (χ4n) is 7.77. The van der Waals surface area contributed by atoms with Gasteiger partial charge in [0.15, 0.2) is 0 Å². The molecule has 0 amide bonds. The van der Waals surface area contributed by atoms with Crippen molar-refractivity contribution in [1.82, 2.24) is 0 Å². The highest BCUT2D eigenvalue weighted by Crippen LogP contribution is 2.48. The number of nitrogens with zero attached hydrogens (tertiary/aromatic N) is 1. The standard InChI is InChI=1S/C48H31NO/c1-2-14-32(15-3-1)35-20-10-21-36(30-35)49(44-27-12-19-34-17-5-7-23-38(34)44)45-28-13-29-46-47(45)43-31-42(40-24-8-9-25-41(40)48(43)50-46)39-26-11-18-33-16-4-6-22-37(33)39/h1-31H. The van der Waals surface area contributed by atoms with E-state index in [0.717, 1.165) is 44.4 Å². The molecule has 2 heteroatoms. The van der Waals surface area contributed by atoms with E-state index in [0.29, 0.717) is 0 Å². The van der Waals surface area contributed by atoms with Crippen LogP contribution >= 0.6 is 0 Å².